The lowest BCUT2D eigenvalue weighted by Gasteiger charge is -2.25. The SMILES string of the molecule is Cc1cccc(Cl)c1C1OCCCO1. The minimum Gasteiger partial charge on any atom is -0.348 e. The van der Waals surface area contributed by atoms with Crippen molar-refractivity contribution < 1.29 is 9.47 Å². The van der Waals surface area contributed by atoms with Crippen LogP contribution in [0.2, 0.25) is 5.02 Å². The monoisotopic (exact) mass is 212 g/mol. The van der Waals surface area contributed by atoms with E-state index in [-0.39, 0.29) is 6.29 Å². The van der Waals surface area contributed by atoms with E-state index in [1.165, 1.54) is 0 Å². The second-order valence-corrected chi connectivity index (χ2v) is 3.80. The third kappa shape index (κ3) is 1.92. The molecule has 1 saturated heterocycles. The highest BCUT2D eigenvalue weighted by Crippen LogP contribution is 2.31. The van der Waals surface area contributed by atoms with Crippen LogP contribution in [0.25, 0.3) is 0 Å². The van der Waals surface area contributed by atoms with Gasteiger partial charge in [-0.15, -0.1) is 0 Å². The predicted molar refractivity (Wildman–Crippen MR) is 55.5 cm³/mol. The first kappa shape index (κ1) is 9.97. The molecule has 0 aliphatic carbocycles. The molecule has 1 heterocycles. The Hall–Kier alpha value is -0.570. The van der Waals surface area contributed by atoms with Crippen molar-refractivity contribution in [3.8, 4) is 0 Å². The van der Waals surface area contributed by atoms with Gasteiger partial charge in [-0.1, -0.05) is 23.7 Å². The van der Waals surface area contributed by atoms with Gasteiger partial charge in [-0.25, -0.2) is 0 Å². The highest BCUT2D eigenvalue weighted by Gasteiger charge is 2.20. The molecule has 1 fully saturated rings. The van der Waals surface area contributed by atoms with E-state index in [1.807, 2.05) is 25.1 Å². The summed E-state index contributed by atoms with van der Waals surface area (Å²) in [7, 11) is 0. The standard InChI is InChI=1S/C11H13ClO2/c1-8-4-2-5-9(12)10(8)11-13-6-3-7-14-11/h2,4-5,11H,3,6-7H2,1H3. The lowest BCUT2D eigenvalue weighted by molar-refractivity contribution is -0.183. The lowest BCUT2D eigenvalue weighted by atomic mass is 10.1. The minimum atomic E-state index is -0.280. The first-order chi connectivity index (χ1) is 6.79. The van der Waals surface area contributed by atoms with Crippen LogP contribution in [0.15, 0.2) is 18.2 Å². The van der Waals surface area contributed by atoms with E-state index in [1.54, 1.807) is 0 Å². The Bertz CT molecular complexity index is 299. The van der Waals surface area contributed by atoms with Gasteiger partial charge >= 0.3 is 0 Å². The highest BCUT2D eigenvalue weighted by molar-refractivity contribution is 6.31. The summed E-state index contributed by atoms with van der Waals surface area (Å²) in [6.07, 6.45) is 0.678. The Morgan fingerprint density at radius 1 is 1.29 bits per heavy atom. The van der Waals surface area contributed by atoms with Gasteiger partial charge in [0.05, 0.1) is 13.2 Å². The summed E-state index contributed by atoms with van der Waals surface area (Å²) in [4.78, 5) is 0. The van der Waals surface area contributed by atoms with E-state index in [0.29, 0.717) is 0 Å². The molecule has 0 radical (unpaired) electrons. The first-order valence-electron chi connectivity index (χ1n) is 4.77. The van der Waals surface area contributed by atoms with E-state index in [0.717, 1.165) is 35.8 Å². The van der Waals surface area contributed by atoms with Crippen molar-refractivity contribution >= 4 is 11.6 Å². The van der Waals surface area contributed by atoms with Crippen molar-refractivity contribution in [2.45, 2.75) is 19.6 Å². The van der Waals surface area contributed by atoms with Crippen LogP contribution in [0.3, 0.4) is 0 Å². The summed E-state index contributed by atoms with van der Waals surface area (Å²) < 4.78 is 11.0. The van der Waals surface area contributed by atoms with E-state index in [2.05, 4.69) is 0 Å². The molecule has 1 aromatic rings. The van der Waals surface area contributed by atoms with Crippen molar-refractivity contribution in [2.75, 3.05) is 13.2 Å². The topological polar surface area (TPSA) is 18.5 Å². The number of halogens is 1. The first-order valence-corrected chi connectivity index (χ1v) is 5.15. The van der Waals surface area contributed by atoms with Gasteiger partial charge in [0, 0.05) is 10.6 Å². The number of benzene rings is 1. The summed E-state index contributed by atoms with van der Waals surface area (Å²) in [5, 5.41) is 0.719. The van der Waals surface area contributed by atoms with Gasteiger partial charge in [-0.05, 0) is 25.0 Å². The van der Waals surface area contributed by atoms with E-state index in [4.69, 9.17) is 21.1 Å². The predicted octanol–water partition coefficient (Wildman–Crippen LogP) is 3.08. The van der Waals surface area contributed by atoms with Crippen LogP contribution < -0.4 is 0 Å². The Morgan fingerprint density at radius 3 is 2.64 bits per heavy atom. The molecule has 0 spiro atoms. The van der Waals surface area contributed by atoms with Crippen molar-refractivity contribution in [1.82, 2.24) is 0 Å². The molecule has 0 bridgehead atoms. The van der Waals surface area contributed by atoms with Crippen LogP contribution in [0.4, 0.5) is 0 Å². The second-order valence-electron chi connectivity index (χ2n) is 3.40. The van der Waals surface area contributed by atoms with Gasteiger partial charge in [0.1, 0.15) is 0 Å². The van der Waals surface area contributed by atoms with Crippen molar-refractivity contribution in [2.24, 2.45) is 0 Å². The molecule has 76 valence electrons. The van der Waals surface area contributed by atoms with Crippen LogP contribution in [-0.2, 0) is 9.47 Å². The van der Waals surface area contributed by atoms with Crippen LogP contribution in [-0.4, -0.2) is 13.2 Å². The molecule has 1 aliphatic heterocycles. The molecular weight excluding hydrogens is 200 g/mol. The molecule has 0 N–H and O–H groups in total. The fraction of sp³-hybridized carbons (Fsp3) is 0.455. The molecular formula is C11H13ClO2. The Balaban J connectivity index is 2.29. The molecule has 0 unspecified atom stereocenters. The Kier molecular flexibility index (Phi) is 3.06. The molecule has 2 nitrogen and oxygen atoms in total. The van der Waals surface area contributed by atoms with Crippen LogP contribution in [0.5, 0.6) is 0 Å². The van der Waals surface area contributed by atoms with Gasteiger partial charge in [-0.3, -0.25) is 0 Å². The second kappa shape index (κ2) is 4.30. The smallest absolute Gasteiger partial charge is 0.185 e. The summed E-state index contributed by atoms with van der Waals surface area (Å²) in [5.74, 6) is 0. The zero-order valence-electron chi connectivity index (χ0n) is 8.13. The van der Waals surface area contributed by atoms with Gasteiger partial charge < -0.3 is 9.47 Å². The third-order valence-corrected chi connectivity index (χ3v) is 2.66. The quantitative estimate of drug-likeness (QED) is 0.712. The lowest BCUT2D eigenvalue weighted by Crippen LogP contribution is -2.18. The summed E-state index contributed by atoms with van der Waals surface area (Å²) in [5.41, 5.74) is 2.08. The molecule has 0 amide bonds. The maximum absolute atomic E-state index is 6.10. The van der Waals surface area contributed by atoms with Gasteiger partial charge in [-0.2, -0.15) is 0 Å². The molecule has 1 aliphatic rings. The molecule has 1 aromatic carbocycles. The molecule has 0 atom stereocenters. The maximum atomic E-state index is 6.10. The Labute approximate surface area is 88.8 Å². The Morgan fingerprint density at radius 2 is 2.00 bits per heavy atom. The minimum absolute atomic E-state index is 0.280. The van der Waals surface area contributed by atoms with Crippen LogP contribution in [0.1, 0.15) is 23.8 Å². The zero-order chi connectivity index (χ0) is 9.97. The van der Waals surface area contributed by atoms with Crippen molar-refractivity contribution in [3.05, 3.63) is 34.3 Å². The normalized spacial score (nSPS) is 18.4. The number of hydrogen-bond donors (Lipinski definition) is 0. The average molecular weight is 213 g/mol. The largest absolute Gasteiger partial charge is 0.348 e. The van der Waals surface area contributed by atoms with Crippen LogP contribution in [0, 0.1) is 6.92 Å². The van der Waals surface area contributed by atoms with Crippen LogP contribution >= 0.6 is 11.6 Å². The number of hydrogen-bond acceptors (Lipinski definition) is 2. The average Bonchev–Trinajstić information content (AvgIpc) is 2.19. The van der Waals surface area contributed by atoms with Gasteiger partial charge in [0.2, 0.25) is 0 Å². The molecule has 2 rings (SSSR count). The van der Waals surface area contributed by atoms with Crippen molar-refractivity contribution in [3.63, 3.8) is 0 Å². The fourth-order valence-corrected chi connectivity index (χ4v) is 1.91. The number of rotatable bonds is 1. The van der Waals surface area contributed by atoms with Gasteiger partial charge in [0.25, 0.3) is 0 Å². The highest BCUT2D eigenvalue weighted by atomic mass is 35.5. The fourth-order valence-electron chi connectivity index (χ4n) is 1.60. The zero-order valence-corrected chi connectivity index (χ0v) is 8.88. The molecule has 3 heteroatoms. The van der Waals surface area contributed by atoms with E-state index >= 15 is 0 Å². The summed E-state index contributed by atoms with van der Waals surface area (Å²) >= 11 is 6.10. The van der Waals surface area contributed by atoms with Crippen molar-refractivity contribution in [1.29, 1.82) is 0 Å². The summed E-state index contributed by atoms with van der Waals surface area (Å²) in [6, 6.07) is 5.82. The molecule has 0 saturated carbocycles. The van der Waals surface area contributed by atoms with Gasteiger partial charge in [0.15, 0.2) is 6.29 Å². The third-order valence-electron chi connectivity index (χ3n) is 2.33. The molecule has 0 aromatic heterocycles. The number of ether oxygens (including phenoxy) is 2. The summed E-state index contributed by atoms with van der Waals surface area (Å²) in [6.45, 7) is 3.51. The van der Waals surface area contributed by atoms with E-state index < -0.39 is 0 Å². The maximum Gasteiger partial charge on any atom is 0.185 e. The van der Waals surface area contributed by atoms with E-state index in [9.17, 15) is 0 Å². The number of aryl methyl sites for hydroxylation is 1. The molecule has 14 heavy (non-hydrogen) atoms.